The van der Waals surface area contributed by atoms with E-state index in [9.17, 15) is 4.79 Å². The first kappa shape index (κ1) is 10.4. The van der Waals surface area contributed by atoms with E-state index in [0.717, 1.165) is 18.5 Å². The zero-order chi connectivity index (χ0) is 11.4. The van der Waals surface area contributed by atoms with Crippen molar-refractivity contribution in [1.29, 1.82) is 0 Å². The van der Waals surface area contributed by atoms with Gasteiger partial charge in [0.25, 0.3) is 0 Å². The van der Waals surface area contributed by atoms with Crippen molar-refractivity contribution in [2.45, 2.75) is 12.8 Å². The molecule has 0 saturated heterocycles. The zero-order valence-electron chi connectivity index (χ0n) is 8.68. The topological polar surface area (TPSA) is 66.0 Å². The van der Waals surface area contributed by atoms with Crippen molar-refractivity contribution in [2.75, 3.05) is 0 Å². The number of aromatic amines is 1. The van der Waals surface area contributed by atoms with E-state index >= 15 is 0 Å². The van der Waals surface area contributed by atoms with Crippen LogP contribution in [-0.2, 0) is 12.8 Å². The molecule has 0 aliphatic heterocycles. The summed E-state index contributed by atoms with van der Waals surface area (Å²) in [4.78, 5) is 17.2. The Hall–Kier alpha value is -2.10. The molecule has 1 aromatic heterocycles. The molecule has 0 radical (unpaired) electrons. The van der Waals surface area contributed by atoms with Crippen LogP contribution in [0.1, 0.15) is 21.9 Å². The summed E-state index contributed by atoms with van der Waals surface area (Å²) in [6.07, 6.45) is 3.25. The van der Waals surface area contributed by atoms with Crippen LogP contribution in [0.15, 0.2) is 36.5 Å². The van der Waals surface area contributed by atoms with Gasteiger partial charge in [0.1, 0.15) is 0 Å². The molecule has 1 aromatic carbocycles. The maximum absolute atomic E-state index is 10.6. The van der Waals surface area contributed by atoms with Gasteiger partial charge in [-0.3, -0.25) is 0 Å². The average Bonchev–Trinajstić information content (AvgIpc) is 2.76. The number of H-pyrrole nitrogens is 1. The minimum atomic E-state index is -1.02. The minimum absolute atomic E-state index is 0.00283. The van der Waals surface area contributed by atoms with E-state index in [2.05, 4.69) is 9.97 Å². The lowest BCUT2D eigenvalue weighted by molar-refractivity contribution is 0.0684. The quantitative estimate of drug-likeness (QED) is 0.820. The average molecular weight is 216 g/mol. The summed E-state index contributed by atoms with van der Waals surface area (Å²) in [5.74, 6) is -1.02. The molecule has 2 rings (SSSR count). The molecule has 0 unspecified atom stereocenters. The van der Waals surface area contributed by atoms with Gasteiger partial charge in [0, 0.05) is 6.20 Å². The van der Waals surface area contributed by atoms with Gasteiger partial charge in [-0.2, -0.15) is 0 Å². The third-order valence-corrected chi connectivity index (χ3v) is 2.35. The van der Waals surface area contributed by atoms with Gasteiger partial charge in [-0.1, -0.05) is 30.3 Å². The Morgan fingerprint density at radius 2 is 2.00 bits per heavy atom. The molecule has 0 amide bonds. The third kappa shape index (κ3) is 2.48. The van der Waals surface area contributed by atoms with E-state index < -0.39 is 5.97 Å². The van der Waals surface area contributed by atoms with Gasteiger partial charge < -0.3 is 10.1 Å². The Kier molecular flexibility index (Phi) is 3.00. The number of benzene rings is 1. The summed E-state index contributed by atoms with van der Waals surface area (Å²) >= 11 is 0. The highest BCUT2D eigenvalue weighted by atomic mass is 16.4. The highest BCUT2D eigenvalue weighted by molar-refractivity contribution is 5.83. The SMILES string of the molecule is O=C(O)c1nc(CCc2ccccc2)c[nH]1. The van der Waals surface area contributed by atoms with Crippen LogP contribution in [0.5, 0.6) is 0 Å². The first-order valence-electron chi connectivity index (χ1n) is 5.07. The fraction of sp³-hybridized carbons (Fsp3) is 0.167. The van der Waals surface area contributed by atoms with Crippen molar-refractivity contribution < 1.29 is 9.90 Å². The molecule has 2 N–H and O–H groups in total. The van der Waals surface area contributed by atoms with Crippen LogP contribution in [0.25, 0.3) is 0 Å². The molecular weight excluding hydrogens is 204 g/mol. The van der Waals surface area contributed by atoms with Gasteiger partial charge in [-0.15, -0.1) is 0 Å². The first-order valence-corrected chi connectivity index (χ1v) is 5.07. The van der Waals surface area contributed by atoms with Crippen molar-refractivity contribution in [3.05, 3.63) is 53.6 Å². The van der Waals surface area contributed by atoms with Gasteiger partial charge in [0.05, 0.1) is 5.69 Å². The minimum Gasteiger partial charge on any atom is -0.475 e. The van der Waals surface area contributed by atoms with Crippen LogP contribution in [0.3, 0.4) is 0 Å². The second-order valence-corrected chi connectivity index (χ2v) is 3.53. The molecule has 0 aliphatic rings. The summed E-state index contributed by atoms with van der Waals surface area (Å²) in [6.45, 7) is 0. The number of imidazole rings is 1. The van der Waals surface area contributed by atoms with E-state index in [-0.39, 0.29) is 5.82 Å². The van der Waals surface area contributed by atoms with Gasteiger partial charge >= 0.3 is 5.97 Å². The molecule has 0 aliphatic carbocycles. The van der Waals surface area contributed by atoms with Gasteiger partial charge in [-0.25, -0.2) is 9.78 Å². The molecule has 4 nitrogen and oxygen atoms in total. The van der Waals surface area contributed by atoms with Gasteiger partial charge in [0.15, 0.2) is 0 Å². The van der Waals surface area contributed by atoms with E-state index in [1.807, 2.05) is 30.3 Å². The van der Waals surface area contributed by atoms with Crippen molar-refractivity contribution in [1.82, 2.24) is 9.97 Å². The van der Waals surface area contributed by atoms with Crippen molar-refractivity contribution >= 4 is 5.97 Å². The first-order chi connectivity index (χ1) is 7.75. The number of nitrogens with zero attached hydrogens (tertiary/aromatic N) is 1. The number of nitrogens with one attached hydrogen (secondary N) is 1. The largest absolute Gasteiger partial charge is 0.475 e. The van der Waals surface area contributed by atoms with E-state index in [4.69, 9.17) is 5.11 Å². The van der Waals surface area contributed by atoms with Crippen LogP contribution in [0, 0.1) is 0 Å². The Labute approximate surface area is 93.0 Å². The van der Waals surface area contributed by atoms with Crippen LogP contribution in [0.2, 0.25) is 0 Å². The number of aromatic nitrogens is 2. The summed E-state index contributed by atoms with van der Waals surface area (Å²) in [5, 5.41) is 8.69. The predicted octanol–water partition coefficient (Wildman–Crippen LogP) is 1.89. The van der Waals surface area contributed by atoms with E-state index in [1.165, 1.54) is 5.56 Å². The molecule has 16 heavy (non-hydrogen) atoms. The van der Waals surface area contributed by atoms with Crippen LogP contribution >= 0.6 is 0 Å². The Morgan fingerprint density at radius 3 is 2.62 bits per heavy atom. The van der Waals surface area contributed by atoms with Crippen LogP contribution in [-0.4, -0.2) is 21.0 Å². The number of hydrogen-bond donors (Lipinski definition) is 2. The number of carbonyl (C=O) groups is 1. The molecule has 1 heterocycles. The Bertz CT molecular complexity index is 477. The predicted molar refractivity (Wildman–Crippen MR) is 59.4 cm³/mol. The lowest BCUT2D eigenvalue weighted by Crippen LogP contribution is -1.99. The number of aryl methyl sites for hydroxylation is 2. The molecule has 2 aromatic rings. The van der Waals surface area contributed by atoms with Crippen molar-refractivity contribution in [3.8, 4) is 0 Å². The zero-order valence-corrected chi connectivity index (χ0v) is 8.68. The number of carboxylic acid groups (broad SMARTS) is 1. The van der Waals surface area contributed by atoms with E-state index in [1.54, 1.807) is 6.20 Å². The summed E-state index contributed by atoms with van der Waals surface area (Å²) in [5.41, 5.74) is 2.00. The standard InChI is InChI=1S/C12H12N2O2/c15-12(16)11-13-8-10(14-11)7-6-9-4-2-1-3-5-9/h1-5,8H,6-7H2,(H,13,14)(H,15,16). The second-order valence-electron chi connectivity index (χ2n) is 3.53. The molecule has 4 heteroatoms. The maximum atomic E-state index is 10.6. The van der Waals surface area contributed by atoms with Gasteiger partial charge in [0.2, 0.25) is 5.82 Å². The van der Waals surface area contributed by atoms with Gasteiger partial charge in [-0.05, 0) is 18.4 Å². The van der Waals surface area contributed by atoms with Crippen molar-refractivity contribution in [3.63, 3.8) is 0 Å². The maximum Gasteiger partial charge on any atom is 0.371 e. The summed E-state index contributed by atoms with van der Waals surface area (Å²) in [7, 11) is 0. The monoisotopic (exact) mass is 216 g/mol. The molecule has 0 saturated carbocycles. The Balaban J connectivity index is 1.97. The molecule has 0 bridgehead atoms. The molecule has 0 spiro atoms. The normalized spacial score (nSPS) is 10.2. The fourth-order valence-corrected chi connectivity index (χ4v) is 1.51. The number of rotatable bonds is 4. The second kappa shape index (κ2) is 4.61. The smallest absolute Gasteiger partial charge is 0.371 e. The number of hydrogen-bond acceptors (Lipinski definition) is 2. The van der Waals surface area contributed by atoms with E-state index in [0.29, 0.717) is 0 Å². The molecule has 0 fully saturated rings. The number of aromatic carboxylic acids is 1. The Morgan fingerprint density at radius 1 is 1.25 bits per heavy atom. The van der Waals surface area contributed by atoms with Crippen LogP contribution < -0.4 is 0 Å². The summed E-state index contributed by atoms with van der Waals surface area (Å²) in [6, 6.07) is 10.0. The number of carboxylic acids is 1. The highest BCUT2D eigenvalue weighted by Crippen LogP contribution is 2.05. The highest BCUT2D eigenvalue weighted by Gasteiger charge is 2.07. The molecular formula is C12H12N2O2. The fourth-order valence-electron chi connectivity index (χ4n) is 1.51. The lowest BCUT2D eigenvalue weighted by atomic mass is 10.1. The lowest BCUT2D eigenvalue weighted by Gasteiger charge is -1.97. The molecule has 82 valence electrons. The molecule has 0 atom stereocenters. The third-order valence-electron chi connectivity index (χ3n) is 2.35. The summed E-state index contributed by atoms with van der Waals surface area (Å²) < 4.78 is 0. The van der Waals surface area contributed by atoms with Crippen LogP contribution in [0.4, 0.5) is 0 Å². The van der Waals surface area contributed by atoms with Crippen molar-refractivity contribution in [2.24, 2.45) is 0 Å².